The monoisotopic (exact) mass is 876 g/mol. The van der Waals surface area contributed by atoms with Gasteiger partial charge in [-0.3, -0.25) is 48.3 Å². The number of carbonyl (C=O) groups excluding carboxylic acids is 7. The van der Waals surface area contributed by atoms with Crippen LogP contribution in [0.5, 0.6) is 0 Å². The van der Waals surface area contributed by atoms with E-state index in [0.717, 1.165) is 0 Å². The summed E-state index contributed by atoms with van der Waals surface area (Å²) in [5, 5.41) is 23.2. The Balaban J connectivity index is 2.07. The summed E-state index contributed by atoms with van der Waals surface area (Å²) < 4.78 is 10.7. The van der Waals surface area contributed by atoms with E-state index in [4.69, 9.17) is 15.2 Å². The lowest BCUT2D eigenvalue weighted by atomic mass is 10.0. The summed E-state index contributed by atoms with van der Waals surface area (Å²) in [4.78, 5) is 106. The molecule has 1 heterocycles. The predicted octanol–water partition coefficient (Wildman–Crippen LogP) is 0.151. The van der Waals surface area contributed by atoms with E-state index < -0.39 is 41.8 Å². The van der Waals surface area contributed by atoms with E-state index in [-0.39, 0.29) is 94.4 Å². The van der Waals surface area contributed by atoms with Gasteiger partial charge in [-0.1, -0.05) is 53.7 Å². The fourth-order valence-electron chi connectivity index (χ4n) is 6.17. The number of nitrogens with zero attached hydrogens (tertiary/aromatic N) is 3. The molecule has 0 saturated carbocycles. The van der Waals surface area contributed by atoms with Gasteiger partial charge in [0.05, 0.1) is 38.8 Å². The van der Waals surface area contributed by atoms with E-state index >= 15 is 0 Å². The van der Waals surface area contributed by atoms with Crippen molar-refractivity contribution in [1.82, 2.24) is 36.0 Å². The van der Waals surface area contributed by atoms with E-state index in [9.17, 15) is 43.5 Å². The minimum Gasteiger partial charge on any atom is -0.480 e. The molecule has 0 aliphatic carbocycles. The van der Waals surface area contributed by atoms with Gasteiger partial charge in [0.1, 0.15) is 24.5 Å². The highest BCUT2D eigenvalue weighted by Crippen LogP contribution is 2.14. The number of esters is 1. The largest absolute Gasteiger partial charge is 0.480 e. The molecule has 0 bridgehead atoms. The number of aliphatic carboxylic acids is 1. The van der Waals surface area contributed by atoms with Crippen LogP contribution < -0.4 is 32.3 Å². The molecule has 348 valence electrons. The predicted molar refractivity (Wildman–Crippen MR) is 230 cm³/mol. The van der Waals surface area contributed by atoms with Crippen LogP contribution in [0.4, 0.5) is 10.5 Å². The molecule has 20 nitrogen and oxygen atoms in total. The summed E-state index contributed by atoms with van der Waals surface area (Å²) in [6, 6.07) is 3.86. The number of amides is 6. The third-order valence-electron chi connectivity index (χ3n) is 9.94. The Labute approximate surface area is 364 Å². The van der Waals surface area contributed by atoms with Crippen LogP contribution in [0.2, 0.25) is 0 Å². The van der Waals surface area contributed by atoms with E-state index in [2.05, 4.69) is 26.6 Å². The van der Waals surface area contributed by atoms with Crippen molar-refractivity contribution in [2.45, 2.75) is 79.5 Å². The number of anilines is 1. The lowest BCUT2D eigenvalue weighted by molar-refractivity contribution is -0.148. The zero-order valence-electron chi connectivity index (χ0n) is 37.2. The Bertz CT molecular complexity index is 1620. The average Bonchev–Trinajstić information content (AvgIpc) is 3.28. The van der Waals surface area contributed by atoms with Crippen molar-refractivity contribution in [2.75, 3.05) is 90.5 Å². The molecule has 2 atom stereocenters. The van der Waals surface area contributed by atoms with Crippen molar-refractivity contribution in [3.63, 3.8) is 0 Å². The second-order valence-corrected chi connectivity index (χ2v) is 16.3. The quantitative estimate of drug-likeness (QED) is 0.0483. The van der Waals surface area contributed by atoms with Crippen molar-refractivity contribution >= 4 is 53.1 Å². The first-order valence-corrected chi connectivity index (χ1v) is 21.3. The van der Waals surface area contributed by atoms with Gasteiger partial charge in [-0.05, 0) is 36.5 Å². The Kier molecular flexibility index (Phi) is 24.3. The van der Waals surface area contributed by atoms with E-state index in [1.807, 2.05) is 23.6 Å². The van der Waals surface area contributed by atoms with Gasteiger partial charge in [0.15, 0.2) is 0 Å². The molecule has 1 aliphatic heterocycles. The van der Waals surface area contributed by atoms with Crippen molar-refractivity contribution in [3.05, 3.63) is 29.8 Å². The zero-order chi connectivity index (χ0) is 46.2. The highest BCUT2D eigenvalue weighted by atomic mass is 16.5. The molecule has 0 spiro atoms. The van der Waals surface area contributed by atoms with Gasteiger partial charge < -0.3 is 46.9 Å². The number of ketones is 1. The maximum absolute atomic E-state index is 13.8. The van der Waals surface area contributed by atoms with Crippen molar-refractivity contribution in [2.24, 2.45) is 23.5 Å². The number of rotatable bonds is 26. The number of nitrogens with two attached hydrogens (primary N) is 1. The minimum absolute atomic E-state index is 0.0383. The van der Waals surface area contributed by atoms with Gasteiger partial charge in [-0.25, -0.2) is 4.79 Å². The lowest BCUT2D eigenvalue weighted by Crippen LogP contribution is -2.56. The van der Waals surface area contributed by atoms with Crippen LogP contribution in [0.3, 0.4) is 0 Å². The second kappa shape index (κ2) is 28.4. The second-order valence-electron chi connectivity index (χ2n) is 16.3. The normalized spacial score (nSPS) is 15.1. The summed E-state index contributed by atoms with van der Waals surface area (Å²) in [5.41, 5.74) is 6.34. The summed E-state index contributed by atoms with van der Waals surface area (Å²) in [6.45, 7) is 13.6. The highest BCUT2D eigenvalue weighted by Gasteiger charge is 2.30. The summed E-state index contributed by atoms with van der Waals surface area (Å²) in [6.07, 6.45) is 0.732. The fraction of sp³-hybridized carbons (Fsp3) is 0.667. The fourth-order valence-corrected chi connectivity index (χ4v) is 6.17. The van der Waals surface area contributed by atoms with Gasteiger partial charge in [0, 0.05) is 70.4 Å². The molecule has 20 heteroatoms. The first kappa shape index (κ1) is 53.0. The SMILES string of the molecule is CC(C)C(=O)CCOCCNC(=O)CN1CCN(CC(=O)O)CCN(CC(=O)N[C@H](C(=O)N[C@@H](CCCNC(N)=O)C(=O)Nc2ccc(COC(=O)C(C)C)cc2)C(C)C)CC1. The molecule has 1 fully saturated rings. The van der Waals surface area contributed by atoms with Crippen LogP contribution in [0.1, 0.15) is 66.4 Å². The molecule has 0 aromatic heterocycles. The molecule has 62 heavy (non-hydrogen) atoms. The summed E-state index contributed by atoms with van der Waals surface area (Å²) in [5.74, 6) is -3.80. The molecule has 0 unspecified atom stereocenters. The highest BCUT2D eigenvalue weighted by molar-refractivity contribution is 5.98. The molecule has 1 aromatic carbocycles. The van der Waals surface area contributed by atoms with Gasteiger partial charge in [0.25, 0.3) is 0 Å². The maximum atomic E-state index is 13.8. The van der Waals surface area contributed by atoms with Crippen LogP contribution in [-0.2, 0) is 49.6 Å². The number of carboxylic acids is 1. The van der Waals surface area contributed by atoms with Crippen molar-refractivity contribution in [1.29, 1.82) is 0 Å². The summed E-state index contributed by atoms with van der Waals surface area (Å²) in [7, 11) is 0. The standard InChI is InChI=1S/C42H69N9O11/c1-28(2)34(52)13-22-61-23-15-44-35(53)24-49-16-17-50(19-21-51(20-18-49)26-37(55)56)25-36(54)48-38(29(3)4)40(58)47-33(8-7-14-45-42(43)60)39(57)46-32-11-9-31(10-12-32)27-62-41(59)30(5)6/h9-12,28-30,33,38H,7-8,13-27H2,1-6H3,(H,44,53)(H,46,57)(H,47,58)(H,48,54)(H,55,56)(H3,43,45,60)/t33-,38-/m0/s1. The molecule has 2 rings (SSSR count). The van der Waals surface area contributed by atoms with Crippen molar-refractivity contribution < 1.29 is 52.9 Å². The number of hydrogen-bond donors (Lipinski definition) is 7. The number of benzene rings is 1. The Hall–Kier alpha value is -5.18. The third-order valence-corrected chi connectivity index (χ3v) is 9.94. The number of ether oxygens (including phenoxy) is 2. The lowest BCUT2D eigenvalue weighted by Gasteiger charge is -2.28. The van der Waals surface area contributed by atoms with Crippen LogP contribution in [0.25, 0.3) is 0 Å². The van der Waals surface area contributed by atoms with Gasteiger partial charge in [-0.2, -0.15) is 0 Å². The minimum atomic E-state index is -1.06. The molecular weight excluding hydrogens is 807 g/mol. The number of hydrogen-bond acceptors (Lipinski definition) is 13. The molecule has 6 amide bonds. The van der Waals surface area contributed by atoms with E-state index in [0.29, 0.717) is 63.4 Å². The molecule has 1 aliphatic rings. The van der Waals surface area contributed by atoms with E-state index in [1.54, 1.807) is 56.9 Å². The number of urea groups is 1. The maximum Gasteiger partial charge on any atom is 0.317 e. The number of carboxylic acid groups (broad SMARTS) is 1. The number of carbonyl (C=O) groups is 8. The molecule has 1 saturated heterocycles. The van der Waals surface area contributed by atoms with Gasteiger partial charge >= 0.3 is 18.0 Å². The van der Waals surface area contributed by atoms with Gasteiger partial charge in [0.2, 0.25) is 23.6 Å². The zero-order valence-corrected chi connectivity index (χ0v) is 37.2. The average molecular weight is 876 g/mol. The van der Waals surface area contributed by atoms with Crippen LogP contribution >= 0.6 is 0 Å². The first-order chi connectivity index (χ1) is 29.3. The van der Waals surface area contributed by atoms with Crippen LogP contribution in [0.15, 0.2) is 24.3 Å². The Morgan fingerprint density at radius 3 is 1.82 bits per heavy atom. The molecular formula is C42H69N9O11. The Morgan fingerprint density at radius 1 is 0.710 bits per heavy atom. The van der Waals surface area contributed by atoms with E-state index in [1.165, 1.54) is 0 Å². The molecule has 8 N–H and O–H groups in total. The first-order valence-electron chi connectivity index (χ1n) is 21.3. The molecule has 0 radical (unpaired) electrons. The number of Topliss-reactive ketones (excluding diaryl/α,β-unsaturated/α-hetero) is 1. The molecule has 1 aromatic rings. The van der Waals surface area contributed by atoms with Crippen LogP contribution in [-0.4, -0.2) is 164 Å². The van der Waals surface area contributed by atoms with Crippen LogP contribution in [0, 0.1) is 17.8 Å². The summed E-state index contributed by atoms with van der Waals surface area (Å²) >= 11 is 0. The number of primary amides is 1. The number of nitrogens with one attached hydrogen (secondary N) is 5. The smallest absolute Gasteiger partial charge is 0.317 e. The Morgan fingerprint density at radius 2 is 1.29 bits per heavy atom. The third kappa shape index (κ3) is 22.1. The topological polar surface area (TPSA) is 271 Å². The van der Waals surface area contributed by atoms with Gasteiger partial charge in [-0.15, -0.1) is 0 Å². The van der Waals surface area contributed by atoms with Crippen molar-refractivity contribution in [3.8, 4) is 0 Å².